The van der Waals surface area contributed by atoms with Crippen LogP contribution in [0.2, 0.25) is 0 Å². The fourth-order valence-corrected chi connectivity index (χ4v) is 1.80. The van der Waals surface area contributed by atoms with E-state index >= 15 is 0 Å². The van der Waals surface area contributed by atoms with Crippen molar-refractivity contribution in [2.75, 3.05) is 7.11 Å². The Bertz CT molecular complexity index is 361. The topological polar surface area (TPSA) is 49.4 Å². The molecular weight excluding hydrogens is 248 g/mol. The van der Waals surface area contributed by atoms with Crippen molar-refractivity contribution in [2.24, 2.45) is 0 Å². The van der Waals surface area contributed by atoms with Crippen LogP contribution in [0.5, 0.6) is 5.75 Å². The molecule has 0 aliphatic carbocycles. The van der Waals surface area contributed by atoms with Crippen LogP contribution in [0.3, 0.4) is 0 Å². The molecule has 1 rings (SSSR count). The quantitative estimate of drug-likeness (QED) is 0.767. The first-order valence-electron chi connectivity index (χ1n) is 4.05. The molecule has 3 nitrogen and oxygen atoms in total. The molecule has 0 N–H and O–H groups in total. The van der Waals surface area contributed by atoms with Crippen molar-refractivity contribution >= 4 is 21.9 Å². The maximum Gasteiger partial charge on any atom is 0.119 e. The highest BCUT2D eigenvalue weighted by molar-refractivity contribution is 9.08. The highest BCUT2D eigenvalue weighted by Gasteiger charge is 2.07. The van der Waals surface area contributed by atoms with Crippen molar-refractivity contribution in [3.8, 4) is 5.75 Å². The number of benzene rings is 1. The normalized spacial score (nSPS) is 9.93. The molecule has 0 saturated heterocycles. The Hall–Kier alpha value is -1.03. The van der Waals surface area contributed by atoms with Crippen molar-refractivity contribution in [2.45, 2.75) is 12.3 Å². The summed E-state index contributed by atoms with van der Waals surface area (Å²) in [5.41, 5.74) is 1.78. The predicted molar refractivity (Wildman–Crippen MR) is 54.7 cm³/mol. The van der Waals surface area contributed by atoms with Gasteiger partial charge in [0.2, 0.25) is 0 Å². The Morgan fingerprint density at radius 3 is 2.64 bits per heavy atom. The zero-order valence-corrected chi connectivity index (χ0v) is 9.55. The first kappa shape index (κ1) is 11.0. The number of alkyl halides is 1. The number of carbonyl (C=O) groups is 1. The summed E-state index contributed by atoms with van der Waals surface area (Å²) in [6, 6.07) is 3.27. The van der Waals surface area contributed by atoms with Gasteiger partial charge in [0.1, 0.15) is 5.75 Å². The van der Waals surface area contributed by atoms with Gasteiger partial charge in [-0.25, -0.2) is 0 Å². The number of carboxylic acid groups (broad SMARTS) is 1. The van der Waals surface area contributed by atoms with E-state index in [1.807, 2.05) is 0 Å². The molecule has 76 valence electrons. The second-order valence-corrected chi connectivity index (χ2v) is 3.44. The molecule has 0 spiro atoms. The van der Waals surface area contributed by atoms with E-state index in [2.05, 4.69) is 15.9 Å². The molecule has 0 heterocycles. The van der Waals surface area contributed by atoms with Crippen LogP contribution in [-0.2, 0) is 5.33 Å². The molecule has 0 radical (unpaired) electrons. The van der Waals surface area contributed by atoms with E-state index in [0.29, 0.717) is 16.6 Å². The number of hydrogen-bond donors (Lipinski definition) is 0. The van der Waals surface area contributed by atoms with Crippen molar-refractivity contribution in [1.29, 1.82) is 0 Å². The fraction of sp³-hybridized carbons (Fsp3) is 0.300. The van der Waals surface area contributed by atoms with E-state index in [0.717, 1.165) is 5.56 Å². The van der Waals surface area contributed by atoms with E-state index < -0.39 is 5.97 Å². The third kappa shape index (κ3) is 2.07. The van der Waals surface area contributed by atoms with Gasteiger partial charge in [0, 0.05) is 10.9 Å². The minimum absolute atomic E-state index is 0.179. The number of hydrogen-bond acceptors (Lipinski definition) is 3. The Kier molecular flexibility index (Phi) is 3.52. The van der Waals surface area contributed by atoms with Crippen molar-refractivity contribution in [3.05, 3.63) is 28.8 Å². The number of carbonyl (C=O) groups excluding carboxylic acids is 1. The van der Waals surface area contributed by atoms with Crippen LogP contribution < -0.4 is 9.84 Å². The molecule has 1 aromatic carbocycles. The first-order chi connectivity index (χ1) is 6.60. The minimum atomic E-state index is -1.18. The lowest BCUT2D eigenvalue weighted by atomic mass is 10.0. The Labute approximate surface area is 90.8 Å². The van der Waals surface area contributed by atoms with E-state index in [4.69, 9.17) is 4.74 Å². The number of ether oxygens (including phenoxy) is 1. The van der Waals surface area contributed by atoms with Gasteiger partial charge in [-0.1, -0.05) is 15.9 Å². The second kappa shape index (κ2) is 4.46. The van der Waals surface area contributed by atoms with E-state index in [1.165, 1.54) is 13.2 Å². The highest BCUT2D eigenvalue weighted by atomic mass is 79.9. The molecule has 0 aromatic heterocycles. The largest absolute Gasteiger partial charge is 0.545 e. The third-order valence-corrected chi connectivity index (χ3v) is 2.69. The van der Waals surface area contributed by atoms with Gasteiger partial charge in [0.25, 0.3) is 0 Å². The van der Waals surface area contributed by atoms with Gasteiger partial charge < -0.3 is 14.6 Å². The first-order valence-corrected chi connectivity index (χ1v) is 5.17. The summed E-state index contributed by atoms with van der Waals surface area (Å²) in [7, 11) is 1.50. The summed E-state index contributed by atoms with van der Waals surface area (Å²) in [6.45, 7) is 1.75. The smallest absolute Gasteiger partial charge is 0.119 e. The third-order valence-electron chi connectivity index (χ3n) is 2.09. The van der Waals surface area contributed by atoms with Gasteiger partial charge in [0.05, 0.1) is 13.1 Å². The molecule has 0 aliphatic heterocycles. The maximum atomic E-state index is 10.8. The van der Waals surface area contributed by atoms with Crippen molar-refractivity contribution in [1.82, 2.24) is 0 Å². The molecule has 0 saturated carbocycles. The average Bonchev–Trinajstić information content (AvgIpc) is 2.17. The zero-order chi connectivity index (χ0) is 10.7. The zero-order valence-electron chi connectivity index (χ0n) is 7.96. The molecular formula is C10H10BrO3-. The van der Waals surface area contributed by atoms with Gasteiger partial charge in [-0.05, 0) is 30.2 Å². The van der Waals surface area contributed by atoms with E-state index in [1.54, 1.807) is 13.0 Å². The Morgan fingerprint density at radius 1 is 1.57 bits per heavy atom. The lowest BCUT2D eigenvalue weighted by Gasteiger charge is -2.12. The Balaban J connectivity index is 3.34. The lowest BCUT2D eigenvalue weighted by molar-refractivity contribution is -0.255. The molecule has 1 aromatic rings. The highest BCUT2D eigenvalue weighted by Crippen LogP contribution is 2.23. The van der Waals surface area contributed by atoms with Crippen LogP contribution in [0.15, 0.2) is 12.1 Å². The SMILES string of the molecule is COc1cc(CBr)c(C)c(C(=O)[O-])c1. The summed E-state index contributed by atoms with van der Waals surface area (Å²) in [4.78, 5) is 10.8. The number of carboxylic acids is 1. The van der Waals surface area contributed by atoms with Crippen LogP contribution >= 0.6 is 15.9 Å². The fourth-order valence-electron chi connectivity index (χ4n) is 1.21. The van der Waals surface area contributed by atoms with E-state index in [-0.39, 0.29) is 5.56 Å². The van der Waals surface area contributed by atoms with Gasteiger partial charge >= 0.3 is 0 Å². The van der Waals surface area contributed by atoms with Crippen molar-refractivity contribution < 1.29 is 14.6 Å². The van der Waals surface area contributed by atoms with Gasteiger partial charge in [0.15, 0.2) is 0 Å². The summed E-state index contributed by atoms with van der Waals surface area (Å²) in [5.74, 6) is -0.646. The second-order valence-electron chi connectivity index (χ2n) is 2.88. The molecule has 14 heavy (non-hydrogen) atoms. The van der Waals surface area contributed by atoms with Crippen LogP contribution in [0, 0.1) is 6.92 Å². The number of rotatable bonds is 3. The molecule has 0 bridgehead atoms. The van der Waals surface area contributed by atoms with Gasteiger partial charge in [-0.2, -0.15) is 0 Å². The predicted octanol–water partition coefficient (Wildman–Crippen LogP) is 1.26. The molecule has 0 aliphatic rings. The van der Waals surface area contributed by atoms with Crippen LogP contribution in [-0.4, -0.2) is 13.1 Å². The van der Waals surface area contributed by atoms with Crippen LogP contribution in [0.25, 0.3) is 0 Å². The van der Waals surface area contributed by atoms with Gasteiger partial charge in [-0.15, -0.1) is 0 Å². The number of aromatic carboxylic acids is 1. The molecule has 0 amide bonds. The summed E-state index contributed by atoms with van der Waals surface area (Å²) < 4.78 is 4.99. The summed E-state index contributed by atoms with van der Waals surface area (Å²) in [6.07, 6.45) is 0. The molecule has 0 unspecified atom stereocenters. The maximum absolute atomic E-state index is 10.8. The average molecular weight is 258 g/mol. The summed E-state index contributed by atoms with van der Waals surface area (Å²) in [5, 5.41) is 11.4. The number of halogens is 1. The summed E-state index contributed by atoms with van der Waals surface area (Å²) >= 11 is 3.29. The van der Waals surface area contributed by atoms with Crippen LogP contribution in [0.4, 0.5) is 0 Å². The molecule has 4 heteroatoms. The Morgan fingerprint density at radius 2 is 2.21 bits per heavy atom. The molecule has 0 atom stereocenters. The minimum Gasteiger partial charge on any atom is -0.545 e. The van der Waals surface area contributed by atoms with Crippen LogP contribution in [0.1, 0.15) is 21.5 Å². The van der Waals surface area contributed by atoms with E-state index in [9.17, 15) is 9.90 Å². The number of methoxy groups -OCH3 is 1. The monoisotopic (exact) mass is 257 g/mol. The molecule has 0 fully saturated rings. The van der Waals surface area contributed by atoms with Gasteiger partial charge in [-0.3, -0.25) is 0 Å². The standard InChI is InChI=1S/C10H11BrO3/c1-6-7(5-11)3-8(14-2)4-9(6)10(12)13/h3-4H,5H2,1-2H3,(H,12,13)/p-1. The lowest BCUT2D eigenvalue weighted by Crippen LogP contribution is -2.23. The van der Waals surface area contributed by atoms with Crippen molar-refractivity contribution in [3.63, 3.8) is 0 Å².